The van der Waals surface area contributed by atoms with E-state index in [-0.39, 0.29) is 16.7 Å². The summed E-state index contributed by atoms with van der Waals surface area (Å²) in [4.78, 5) is 0.0832. The van der Waals surface area contributed by atoms with E-state index < -0.39 is 10.0 Å². The molecule has 25 heavy (non-hydrogen) atoms. The minimum Gasteiger partial charge on any atom is -0.497 e. The second-order valence-electron chi connectivity index (χ2n) is 5.72. The molecule has 0 heterocycles. The Morgan fingerprint density at radius 3 is 2.28 bits per heavy atom. The monoisotopic (exact) mass is 383 g/mol. The molecule has 0 fully saturated rings. The quantitative estimate of drug-likeness (QED) is 0.732. The Balaban J connectivity index is 2.30. The van der Waals surface area contributed by atoms with Gasteiger partial charge in [0.2, 0.25) is 10.0 Å². The summed E-state index contributed by atoms with van der Waals surface area (Å²) in [6.07, 6.45) is 0.569. The maximum absolute atomic E-state index is 13.0. The summed E-state index contributed by atoms with van der Waals surface area (Å²) in [5.41, 5.74) is 1.01. The number of sulfonamides is 1. The van der Waals surface area contributed by atoms with Gasteiger partial charge in [-0.2, -0.15) is 4.31 Å². The van der Waals surface area contributed by atoms with Crippen molar-refractivity contribution in [1.82, 2.24) is 4.31 Å². The van der Waals surface area contributed by atoms with Gasteiger partial charge < -0.3 is 9.47 Å². The summed E-state index contributed by atoms with van der Waals surface area (Å²) in [5, 5.41) is 0.651. The molecule has 136 valence electrons. The van der Waals surface area contributed by atoms with Crippen LogP contribution in [0.2, 0.25) is 5.02 Å². The summed E-state index contributed by atoms with van der Waals surface area (Å²) < 4.78 is 37.8. The van der Waals surface area contributed by atoms with Crippen LogP contribution < -0.4 is 9.47 Å². The van der Waals surface area contributed by atoms with E-state index in [1.54, 1.807) is 31.3 Å². The molecular formula is C18H22ClNO4S. The number of nitrogens with zero attached hydrogens (tertiary/aromatic N) is 1. The molecule has 2 aromatic rings. The SMILES string of the molecule is COc1ccc(OC)c(S(=O)(=O)N(C)C(C)Cc2ccc(Cl)cc2)c1. The van der Waals surface area contributed by atoms with Crippen molar-refractivity contribution in [2.24, 2.45) is 0 Å². The summed E-state index contributed by atoms with van der Waals surface area (Å²) in [7, 11) is 0.758. The molecule has 0 N–H and O–H groups in total. The molecule has 0 radical (unpaired) electrons. The van der Waals surface area contributed by atoms with E-state index >= 15 is 0 Å². The van der Waals surface area contributed by atoms with Gasteiger partial charge in [-0.25, -0.2) is 8.42 Å². The van der Waals surface area contributed by atoms with Gasteiger partial charge in [-0.3, -0.25) is 0 Å². The van der Waals surface area contributed by atoms with Crippen molar-refractivity contribution in [3.8, 4) is 11.5 Å². The summed E-state index contributed by atoms with van der Waals surface area (Å²) in [6.45, 7) is 1.86. The molecule has 5 nitrogen and oxygen atoms in total. The average Bonchev–Trinajstić information content (AvgIpc) is 2.62. The Hall–Kier alpha value is -1.76. The molecule has 2 rings (SSSR count). The van der Waals surface area contributed by atoms with E-state index in [9.17, 15) is 8.42 Å². The highest BCUT2D eigenvalue weighted by atomic mass is 35.5. The van der Waals surface area contributed by atoms with Crippen molar-refractivity contribution >= 4 is 21.6 Å². The van der Waals surface area contributed by atoms with E-state index in [0.717, 1.165) is 5.56 Å². The molecule has 0 amide bonds. The number of rotatable bonds is 7. The van der Waals surface area contributed by atoms with Crippen LogP contribution in [0.4, 0.5) is 0 Å². The second kappa shape index (κ2) is 8.08. The van der Waals surface area contributed by atoms with Crippen LogP contribution in [0, 0.1) is 0 Å². The highest BCUT2D eigenvalue weighted by molar-refractivity contribution is 7.89. The summed E-state index contributed by atoms with van der Waals surface area (Å²) >= 11 is 5.89. The highest BCUT2D eigenvalue weighted by Crippen LogP contribution is 2.31. The zero-order chi connectivity index (χ0) is 18.6. The molecule has 0 saturated heterocycles. The van der Waals surface area contributed by atoms with Gasteiger partial charge in [0.25, 0.3) is 0 Å². The third kappa shape index (κ3) is 4.45. The second-order valence-corrected chi connectivity index (χ2v) is 8.12. The van der Waals surface area contributed by atoms with Crippen LogP contribution in [-0.2, 0) is 16.4 Å². The third-order valence-electron chi connectivity index (χ3n) is 4.09. The minimum atomic E-state index is -3.74. The zero-order valence-corrected chi connectivity index (χ0v) is 16.3. The van der Waals surface area contributed by atoms with Crippen LogP contribution in [0.3, 0.4) is 0 Å². The molecule has 0 aliphatic rings. The lowest BCUT2D eigenvalue weighted by Crippen LogP contribution is -2.36. The first-order valence-corrected chi connectivity index (χ1v) is 9.56. The van der Waals surface area contributed by atoms with Crippen LogP contribution in [0.5, 0.6) is 11.5 Å². The summed E-state index contributed by atoms with van der Waals surface area (Å²) in [6, 6.07) is 11.9. The molecular weight excluding hydrogens is 362 g/mol. The first kappa shape index (κ1) is 19.6. The predicted octanol–water partition coefficient (Wildman–Crippen LogP) is 3.61. The van der Waals surface area contributed by atoms with Crippen LogP contribution in [0.15, 0.2) is 47.4 Å². The van der Waals surface area contributed by atoms with Gasteiger partial charge in [-0.15, -0.1) is 0 Å². The number of halogens is 1. The van der Waals surface area contributed by atoms with Gasteiger partial charge in [-0.05, 0) is 43.2 Å². The van der Waals surface area contributed by atoms with Crippen molar-refractivity contribution < 1.29 is 17.9 Å². The average molecular weight is 384 g/mol. The van der Waals surface area contributed by atoms with Gasteiger partial charge >= 0.3 is 0 Å². The van der Waals surface area contributed by atoms with Crippen molar-refractivity contribution in [1.29, 1.82) is 0 Å². The van der Waals surface area contributed by atoms with Crippen LogP contribution in [0.1, 0.15) is 12.5 Å². The van der Waals surface area contributed by atoms with Gasteiger partial charge in [0.15, 0.2) is 0 Å². The number of methoxy groups -OCH3 is 2. The largest absolute Gasteiger partial charge is 0.497 e. The van der Waals surface area contributed by atoms with E-state index in [1.807, 2.05) is 19.1 Å². The normalized spacial score (nSPS) is 12.9. The Morgan fingerprint density at radius 1 is 1.08 bits per heavy atom. The van der Waals surface area contributed by atoms with E-state index in [4.69, 9.17) is 21.1 Å². The molecule has 1 atom stereocenters. The van der Waals surface area contributed by atoms with E-state index in [1.165, 1.54) is 24.6 Å². The fourth-order valence-corrected chi connectivity index (χ4v) is 4.12. The number of likely N-dealkylation sites (N-methyl/N-ethyl adjacent to an activating group) is 1. The highest BCUT2D eigenvalue weighted by Gasteiger charge is 2.29. The maximum Gasteiger partial charge on any atom is 0.246 e. The molecule has 1 unspecified atom stereocenters. The molecule has 7 heteroatoms. The number of hydrogen-bond donors (Lipinski definition) is 0. The zero-order valence-electron chi connectivity index (χ0n) is 14.7. The van der Waals surface area contributed by atoms with E-state index in [0.29, 0.717) is 17.2 Å². The number of hydrogen-bond acceptors (Lipinski definition) is 4. The van der Waals surface area contributed by atoms with Crippen LogP contribution in [0.25, 0.3) is 0 Å². The van der Waals surface area contributed by atoms with Crippen molar-refractivity contribution in [3.05, 3.63) is 53.1 Å². The predicted molar refractivity (Wildman–Crippen MR) is 99.1 cm³/mol. The molecule has 0 aromatic heterocycles. The lowest BCUT2D eigenvalue weighted by Gasteiger charge is -2.25. The van der Waals surface area contributed by atoms with Gasteiger partial charge in [0.1, 0.15) is 16.4 Å². The lowest BCUT2D eigenvalue weighted by molar-refractivity contribution is 0.371. The van der Waals surface area contributed by atoms with Crippen LogP contribution >= 0.6 is 11.6 Å². The van der Waals surface area contributed by atoms with Gasteiger partial charge in [-0.1, -0.05) is 23.7 Å². The first-order valence-electron chi connectivity index (χ1n) is 7.74. The number of ether oxygens (including phenoxy) is 2. The van der Waals surface area contributed by atoms with Crippen molar-refractivity contribution in [2.45, 2.75) is 24.3 Å². The fourth-order valence-electron chi connectivity index (χ4n) is 2.47. The molecule has 2 aromatic carbocycles. The minimum absolute atomic E-state index is 0.0832. The first-order chi connectivity index (χ1) is 11.8. The lowest BCUT2D eigenvalue weighted by atomic mass is 10.1. The Kier molecular flexibility index (Phi) is 6.32. The van der Waals surface area contributed by atoms with E-state index in [2.05, 4.69) is 0 Å². The standard InChI is InChI=1S/C18H22ClNO4S/c1-13(11-14-5-7-15(19)8-6-14)20(2)25(21,22)18-12-16(23-3)9-10-17(18)24-4/h5-10,12-13H,11H2,1-4H3. The van der Waals surface area contributed by atoms with Crippen molar-refractivity contribution in [3.63, 3.8) is 0 Å². The maximum atomic E-state index is 13.0. The van der Waals surface area contributed by atoms with Crippen molar-refractivity contribution in [2.75, 3.05) is 21.3 Å². The van der Waals surface area contributed by atoms with Gasteiger partial charge in [0.05, 0.1) is 14.2 Å². The fraction of sp³-hybridized carbons (Fsp3) is 0.333. The Bertz CT molecular complexity index is 821. The summed E-state index contributed by atoms with van der Waals surface area (Å²) in [5.74, 6) is 0.740. The smallest absolute Gasteiger partial charge is 0.246 e. The Labute approximate surface area is 154 Å². The molecule has 0 aliphatic heterocycles. The molecule has 0 spiro atoms. The van der Waals surface area contributed by atoms with Gasteiger partial charge in [0, 0.05) is 24.2 Å². The topological polar surface area (TPSA) is 55.8 Å². The van der Waals surface area contributed by atoms with Crippen LogP contribution in [-0.4, -0.2) is 40.0 Å². The molecule has 0 bridgehead atoms. The third-order valence-corrected chi connectivity index (χ3v) is 6.34. The molecule has 0 aliphatic carbocycles. The Morgan fingerprint density at radius 2 is 1.72 bits per heavy atom. The number of benzene rings is 2. The molecule has 0 saturated carbocycles.